The summed E-state index contributed by atoms with van der Waals surface area (Å²) in [6, 6.07) is 16.3. The summed E-state index contributed by atoms with van der Waals surface area (Å²) < 4.78 is 5.03. The highest BCUT2D eigenvalue weighted by atomic mass is 16.5. The third-order valence-electron chi connectivity index (χ3n) is 3.06. The highest BCUT2D eigenvalue weighted by Crippen LogP contribution is 2.11. The second kappa shape index (κ2) is 7.78. The summed E-state index contributed by atoms with van der Waals surface area (Å²) >= 11 is 0. The Balaban J connectivity index is 1.85. The minimum atomic E-state index is -0.300. The topological polar surface area (TPSA) is 55.4 Å². The molecule has 0 saturated heterocycles. The number of carbonyl (C=O) groups excluding carboxylic acids is 2. The highest BCUT2D eigenvalue weighted by Gasteiger charge is 2.06. The number of ether oxygens (including phenoxy) is 1. The molecule has 112 valence electrons. The van der Waals surface area contributed by atoms with Crippen molar-refractivity contribution >= 4 is 17.8 Å². The fraction of sp³-hybridized carbons (Fsp3) is 0.111. The van der Waals surface area contributed by atoms with Gasteiger partial charge in [-0.1, -0.05) is 30.3 Å². The molecule has 0 aromatic heterocycles. The van der Waals surface area contributed by atoms with Gasteiger partial charge in [0.15, 0.2) is 5.78 Å². The Morgan fingerprint density at radius 2 is 1.73 bits per heavy atom. The Morgan fingerprint density at radius 3 is 2.36 bits per heavy atom. The molecule has 2 aromatic carbocycles. The fourth-order valence-corrected chi connectivity index (χ4v) is 1.84. The molecule has 2 aromatic rings. The maximum absolute atomic E-state index is 11.9. The number of rotatable bonds is 6. The largest absolute Gasteiger partial charge is 0.497 e. The van der Waals surface area contributed by atoms with Gasteiger partial charge in [0.2, 0.25) is 5.91 Å². The molecular formula is C18H17NO3. The van der Waals surface area contributed by atoms with E-state index in [1.807, 2.05) is 30.3 Å². The zero-order valence-corrected chi connectivity index (χ0v) is 12.3. The SMILES string of the molecule is COc1ccc(C(=O)CNC(=O)C=Cc2ccccc2)cc1. The van der Waals surface area contributed by atoms with E-state index < -0.39 is 0 Å². The van der Waals surface area contributed by atoms with E-state index in [4.69, 9.17) is 4.74 Å². The molecular weight excluding hydrogens is 278 g/mol. The van der Waals surface area contributed by atoms with Crippen LogP contribution in [-0.4, -0.2) is 25.3 Å². The van der Waals surface area contributed by atoms with Crippen molar-refractivity contribution in [2.45, 2.75) is 0 Å². The summed E-state index contributed by atoms with van der Waals surface area (Å²) in [5.74, 6) is 0.237. The maximum Gasteiger partial charge on any atom is 0.244 e. The lowest BCUT2D eigenvalue weighted by molar-refractivity contribution is -0.116. The Kier molecular flexibility index (Phi) is 5.49. The molecule has 0 fully saturated rings. The smallest absolute Gasteiger partial charge is 0.244 e. The zero-order chi connectivity index (χ0) is 15.8. The molecule has 0 radical (unpaired) electrons. The predicted molar refractivity (Wildman–Crippen MR) is 85.8 cm³/mol. The normalized spacial score (nSPS) is 10.4. The Labute approximate surface area is 129 Å². The van der Waals surface area contributed by atoms with Crippen LogP contribution in [0.1, 0.15) is 15.9 Å². The van der Waals surface area contributed by atoms with Crippen LogP contribution < -0.4 is 10.1 Å². The van der Waals surface area contributed by atoms with Gasteiger partial charge in [0.05, 0.1) is 13.7 Å². The van der Waals surface area contributed by atoms with Gasteiger partial charge in [0.25, 0.3) is 0 Å². The molecule has 0 aliphatic rings. The number of nitrogens with one attached hydrogen (secondary N) is 1. The first-order chi connectivity index (χ1) is 10.7. The van der Waals surface area contributed by atoms with E-state index in [9.17, 15) is 9.59 Å². The number of amides is 1. The molecule has 22 heavy (non-hydrogen) atoms. The molecule has 1 amide bonds. The molecule has 0 heterocycles. The maximum atomic E-state index is 11.9. The van der Waals surface area contributed by atoms with Gasteiger partial charge >= 0.3 is 0 Å². The molecule has 4 heteroatoms. The Hall–Kier alpha value is -2.88. The molecule has 4 nitrogen and oxygen atoms in total. The van der Waals surface area contributed by atoms with Crippen molar-refractivity contribution < 1.29 is 14.3 Å². The standard InChI is InChI=1S/C18H17NO3/c1-22-16-10-8-15(9-11-16)17(20)13-19-18(21)12-7-14-5-3-2-4-6-14/h2-12H,13H2,1H3,(H,19,21). The number of hydrogen-bond donors (Lipinski definition) is 1. The molecule has 1 N–H and O–H groups in total. The molecule has 0 aliphatic carbocycles. The third kappa shape index (κ3) is 4.59. The summed E-state index contributed by atoms with van der Waals surface area (Å²) in [6.45, 7) is -0.0374. The van der Waals surface area contributed by atoms with Crippen LogP contribution in [0.3, 0.4) is 0 Å². The average Bonchev–Trinajstić information content (AvgIpc) is 2.58. The summed E-state index contributed by atoms with van der Waals surface area (Å²) in [4.78, 5) is 23.6. The quantitative estimate of drug-likeness (QED) is 0.658. The number of Topliss-reactive ketones (excluding diaryl/α,β-unsaturated/α-hetero) is 1. The summed E-state index contributed by atoms with van der Waals surface area (Å²) in [5, 5.41) is 2.57. The van der Waals surface area contributed by atoms with Crippen LogP contribution in [0, 0.1) is 0 Å². The van der Waals surface area contributed by atoms with Gasteiger partial charge in [-0.05, 0) is 35.9 Å². The summed E-state index contributed by atoms with van der Waals surface area (Å²) in [6.07, 6.45) is 3.11. The first-order valence-corrected chi connectivity index (χ1v) is 6.87. The van der Waals surface area contributed by atoms with Gasteiger partial charge in [0, 0.05) is 11.6 Å². The first-order valence-electron chi connectivity index (χ1n) is 6.87. The van der Waals surface area contributed by atoms with Gasteiger partial charge in [-0.15, -0.1) is 0 Å². The number of benzene rings is 2. The van der Waals surface area contributed by atoms with Crippen molar-refractivity contribution in [1.29, 1.82) is 0 Å². The predicted octanol–water partition coefficient (Wildman–Crippen LogP) is 2.71. The van der Waals surface area contributed by atoms with E-state index in [1.54, 1.807) is 37.5 Å². The van der Waals surface area contributed by atoms with Crippen LogP contribution in [0.2, 0.25) is 0 Å². The average molecular weight is 295 g/mol. The van der Waals surface area contributed by atoms with E-state index in [1.165, 1.54) is 6.08 Å². The van der Waals surface area contributed by atoms with Crippen LogP contribution in [-0.2, 0) is 4.79 Å². The van der Waals surface area contributed by atoms with Crippen LogP contribution >= 0.6 is 0 Å². The lowest BCUT2D eigenvalue weighted by atomic mass is 10.1. The minimum Gasteiger partial charge on any atom is -0.497 e. The molecule has 2 rings (SSSR count). The van der Waals surface area contributed by atoms with Gasteiger partial charge in [-0.3, -0.25) is 9.59 Å². The molecule has 0 saturated carbocycles. The van der Waals surface area contributed by atoms with Crippen LogP contribution in [0.25, 0.3) is 6.08 Å². The monoisotopic (exact) mass is 295 g/mol. The van der Waals surface area contributed by atoms with Crippen molar-refractivity contribution in [2.24, 2.45) is 0 Å². The second-order valence-corrected chi connectivity index (χ2v) is 4.61. The number of ketones is 1. The number of hydrogen-bond acceptors (Lipinski definition) is 3. The zero-order valence-electron chi connectivity index (χ0n) is 12.3. The van der Waals surface area contributed by atoms with E-state index in [2.05, 4.69) is 5.32 Å². The minimum absolute atomic E-state index is 0.0374. The molecule has 0 unspecified atom stereocenters. The van der Waals surface area contributed by atoms with Crippen molar-refractivity contribution in [3.63, 3.8) is 0 Å². The van der Waals surface area contributed by atoms with Crippen molar-refractivity contribution in [2.75, 3.05) is 13.7 Å². The lowest BCUT2D eigenvalue weighted by Crippen LogP contribution is -2.27. The van der Waals surface area contributed by atoms with E-state index >= 15 is 0 Å². The summed E-state index contributed by atoms with van der Waals surface area (Å²) in [5.41, 5.74) is 1.47. The Bertz CT molecular complexity index is 660. The van der Waals surface area contributed by atoms with Crippen LogP contribution in [0.15, 0.2) is 60.7 Å². The van der Waals surface area contributed by atoms with Crippen LogP contribution in [0.4, 0.5) is 0 Å². The van der Waals surface area contributed by atoms with Gasteiger partial charge in [-0.25, -0.2) is 0 Å². The molecule has 0 atom stereocenters. The van der Waals surface area contributed by atoms with Crippen molar-refractivity contribution in [3.05, 3.63) is 71.8 Å². The number of methoxy groups -OCH3 is 1. The first kappa shape index (κ1) is 15.5. The van der Waals surface area contributed by atoms with Crippen molar-refractivity contribution in [3.8, 4) is 5.75 Å². The second-order valence-electron chi connectivity index (χ2n) is 4.61. The lowest BCUT2D eigenvalue weighted by Gasteiger charge is -2.03. The summed E-state index contributed by atoms with van der Waals surface area (Å²) in [7, 11) is 1.57. The highest BCUT2D eigenvalue weighted by molar-refractivity contribution is 6.01. The fourth-order valence-electron chi connectivity index (χ4n) is 1.84. The molecule has 0 bridgehead atoms. The van der Waals surface area contributed by atoms with E-state index in [0.29, 0.717) is 11.3 Å². The molecule has 0 aliphatic heterocycles. The Morgan fingerprint density at radius 1 is 1.05 bits per heavy atom. The van der Waals surface area contributed by atoms with E-state index in [-0.39, 0.29) is 18.2 Å². The molecule has 0 spiro atoms. The van der Waals surface area contributed by atoms with Gasteiger partial charge in [-0.2, -0.15) is 0 Å². The van der Waals surface area contributed by atoms with Crippen LogP contribution in [0.5, 0.6) is 5.75 Å². The third-order valence-corrected chi connectivity index (χ3v) is 3.06. The van der Waals surface area contributed by atoms with Crippen molar-refractivity contribution in [1.82, 2.24) is 5.32 Å². The van der Waals surface area contributed by atoms with Gasteiger partial charge < -0.3 is 10.1 Å². The van der Waals surface area contributed by atoms with E-state index in [0.717, 1.165) is 5.56 Å². The number of carbonyl (C=O) groups is 2. The van der Waals surface area contributed by atoms with Gasteiger partial charge in [0.1, 0.15) is 5.75 Å².